The van der Waals surface area contributed by atoms with Gasteiger partial charge in [-0.15, -0.1) is 0 Å². The summed E-state index contributed by atoms with van der Waals surface area (Å²) in [7, 11) is 0. The molecule has 2 N–H and O–H groups in total. The lowest BCUT2D eigenvalue weighted by Crippen LogP contribution is -2.56. The van der Waals surface area contributed by atoms with E-state index in [9.17, 15) is 4.79 Å². The van der Waals surface area contributed by atoms with E-state index < -0.39 is 0 Å². The van der Waals surface area contributed by atoms with Crippen LogP contribution >= 0.6 is 0 Å². The Morgan fingerprint density at radius 1 is 1.13 bits per heavy atom. The Labute approximate surface area is 180 Å². The average molecular weight is 416 g/mol. The summed E-state index contributed by atoms with van der Waals surface area (Å²) in [5.41, 5.74) is 7.83. The molecular formula is C24H37N3O3. The Balaban J connectivity index is 1.64. The summed E-state index contributed by atoms with van der Waals surface area (Å²) in [5.74, 6) is 2.44. The summed E-state index contributed by atoms with van der Waals surface area (Å²) < 4.78 is 0. The fourth-order valence-corrected chi connectivity index (χ4v) is 7.19. The molecule has 4 aliphatic carbocycles. The van der Waals surface area contributed by atoms with Gasteiger partial charge < -0.3 is 15.4 Å². The van der Waals surface area contributed by atoms with Gasteiger partial charge >= 0.3 is 0 Å². The number of nitrogens with zero attached hydrogens (tertiary/aromatic N) is 2. The van der Waals surface area contributed by atoms with Crippen LogP contribution in [0.1, 0.15) is 65.2 Å². The van der Waals surface area contributed by atoms with Crippen molar-refractivity contribution < 1.29 is 14.5 Å². The summed E-state index contributed by atoms with van der Waals surface area (Å²) in [6, 6.07) is 0. The zero-order valence-electron chi connectivity index (χ0n) is 18.6. The van der Waals surface area contributed by atoms with Crippen molar-refractivity contribution in [1.29, 1.82) is 0 Å². The normalized spacial score (nSPS) is 43.1. The Morgan fingerprint density at radius 2 is 1.97 bits per heavy atom. The minimum Gasteiger partial charge on any atom is -0.395 e. The van der Waals surface area contributed by atoms with E-state index in [2.05, 4.69) is 30.7 Å². The maximum absolute atomic E-state index is 12.7. The van der Waals surface area contributed by atoms with Gasteiger partial charge in [0.25, 0.3) is 0 Å². The van der Waals surface area contributed by atoms with Crippen LogP contribution in [0.25, 0.3) is 0 Å². The van der Waals surface area contributed by atoms with Gasteiger partial charge in [-0.25, -0.2) is 0 Å². The van der Waals surface area contributed by atoms with Gasteiger partial charge in [-0.3, -0.25) is 4.79 Å². The number of fused-ring (bicyclic) bond motifs is 5. The first kappa shape index (κ1) is 21.5. The highest BCUT2D eigenvalue weighted by Crippen LogP contribution is 2.64. The minimum absolute atomic E-state index is 0.130. The average Bonchev–Trinajstić information content (AvgIpc) is 3.04. The summed E-state index contributed by atoms with van der Waals surface area (Å²) in [6.07, 6.45) is 9.57. The Hall–Kier alpha value is -1.69. The lowest BCUT2D eigenvalue weighted by atomic mass is 9.45. The molecule has 6 atom stereocenters. The molecule has 0 amide bonds. The molecule has 166 valence electrons. The van der Waals surface area contributed by atoms with Gasteiger partial charge in [-0.2, -0.15) is 0 Å². The van der Waals surface area contributed by atoms with Gasteiger partial charge in [-0.1, -0.05) is 36.8 Å². The first-order valence-electron chi connectivity index (χ1n) is 11.6. The van der Waals surface area contributed by atoms with Crippen LogP contribution in [0.5, 0.6) is 0 Å². The predicted octanol–water partition coefficient (Wildman–Crippen LogP) is 4.10. The second-order valence-corrected chi connectivity index (χ2v) is 10.2. The van der Waals surface area contributed by atoms with Crippen molar-refractivity contribution >= 4 is 17.2 Å². The Kier molecular flexibility index (Phi) is 6.06. The van der Waals surface area contributed by atoms with Crippen molar-refractivity contribution in [2.24, 2.45) is 50.5 Å². The quantitative estimate of drug-likeness (QED) is 0.402. The standard InChI is InChI=1S/C24H37N3O3/c1-4-12-29-27-21-15-17-18-5-6-22(28)24(18,3)10-8-19(17)23(2)9-7-16(14-20(21)23)26-30-13-11-25/h4,17-20H,1,5-15,25H2,2-3H3/b26-16+,27-21+/t17-,18-,19-,20+,23+,24-/m0/s1. The molecule has 6 heteroatoms. The molecule has 0 bridgehead atoms. The first-order chi connectivity index (χ1) is 14.4. The maximum Gasteiger partial charge on any atom is 0.139 e. The number of ketones is 1. The molecule has 0 spiro atoms. The van der Waals surface area contributed by atoms with Crippen molar-refractivity contribution in [1.82, 2.24) is 0 Å². The molecule has 0 heterocycles. The number of Topliss-reactive ketones (excluding diaryl/α,β-unsaturated/α-hetero) is 1. The molecule has 4 aliphatic rings. The Morgan fingerprint density at radius 3 is 2.73 bits per heavy atom. The lowest BCUT2D eigenvalue weighted by molar-refractivity contribution is -0.133. The van der Waals surface area contributed by atoms with Crippen LogP contribution in [-0.2, 0) is 14.5 Å². The second kappa shape index (κ2) is 8.45. The number of nitrogens with two attached hydrogens (primary N) is 1. The smallest absolute Gasteiger partial charge is 0.139 e. The van der Waals surface area contributed by atoms with E-state index in [1.165, 1.54) is 0 Å². The topological polar surface area (TPSA) is 86.3 Å². The summed E-state index contributed by atoms with van der Waals surface area (Å²) in [4.78, 5) is 23.7. The van der Waals surface area contributed by atoms with Crippen LogP contribution in [0, 0.1) is 34.5 Å². The first-order valence-corrected chi connectivity index (χ1v) is 11.6. The fraction of sp³-hybridized carbons (Fsp3) is 0.792. The van der Waals surface area contributed by atoms with Gasteiger partial charge in [-0.05, 0) is 68.1 Å². The number of rotatable bonds is 6. The third-order valence-electron chi connectivity index (χ3n) is 8.81. The molecule has 0 aliphatic heterocycles. The molecular weight excluding hydrogens is 378 g/mol. The number of hydrogen-bond donors (Lipinski definition) is 1. The molecule has 4 saturated carbocycles. The maximum atomic E-state index is 12.7. The van der Waals surface area contributed by atoms with E-state index in [0.29, 0.717) is 49.2 Å². The summed E-state index contributed by atoms with van der Waals surface area (Å²) >= 11 is 0. The van der Waals surface area contributed by atoms with Crippen molar-refractivity contribution in [2.75, 3.05) is 19.8 Å². The molecule has 4 fully saturated rings. The van der Waals surface area contributed by atoms with E-state index in [4.69, 9.17) is 15.4 Å². The van der Waals surface area contributed by atoms with Crippen LogP contribution in [0.15, 0.2) is 23.0 Å². The van der Waals surface area contributed by atoms with E-state index in [1.807, 2.05) is 0 Å². The van der Waals surface area contributed by atoms with E-state index in [0.717, 1.165) is 62.8 Å². The van der Waals surface area contributed by atoms with Crippen molar-refractivity contribution in [3.05, 3.63) is 12.7 Å². The van der Waals surface area contributed by atoms with E-state index >= 15 is 0 Å². The molecule has 4 rings (SSSR count). The monoisotopic (exact) mass is 415 g/mol. The van der Waals surface area contributed by atoms with Gasteiger partial charge in [0.05, 0.1) is 11.4 Å². The molecule has 0 saturated heterocycles. The summed E-state index contributed by atoms with van der Waals surface area (Å²) in [5, 5.41) is 9.01. The third-order valence-corrected chi connectivity index (χ3v) is 8.81. The number of carbonyl (C=O) groups is 1. The molecule has 0 aromatic rings. The summed E-state index contributed by atoms with van der Waals surface area (Å²) in [6.45, 7) is 9.76. The van der Waals surface area contributed by atoms with Crippen LogP contribution in [0.3, 0.4) is 0 Å². The molecule has 0 radical (unpaired) electrons. The van der Waals surface area contributed by atoms with Crippen molar-refractivity contribution in [2.45, 2.75) is 65.2 Å². The molecule has 30 heavy (non-hydrogen) atoms. The van der Waals surface area contributed by atoms with Crippen LogP contribution in [-0.4, -0.2) is 37.0 Å². The Bertz CT molecular complexity index is 748. The van der Waals surface area contributed by atoms with Crippen molar-refractivity contribution in [3.63, 3.8) is 0 Å². The van der Waals surface area contributed by atoms with E-state index in [1.54, 1.807) is 6.08 Å². The predicted molar refractivity (Wildman–Crippen MR) is 118 cm³/mol. The molecule has 6 nitrogen and oxygen atoms in total. The third kappa shape index (κ3) is 3.51. The lowest BCUT2D eigenvalue weighted by Gasteiger charge is -2.59. The van der Waals surface area contributed by atoms with E-state index in [-0.39, 0.29) is 10.8 Å². The largest absolute Gasteiger partial charge is 0.395 e. The van der Waals surface area contributed by atoms with Gasteiger partial charge in [0.1, 0.15) is 19.0 Å². The molecule has 0 unspecified atom stereocenters. The number of hydrogen-bond acceptors (Lipinski definition) is 6. The zero-order chi connectivity index (χ0) is 21.4. The van der Waals surface area contributed by atoms with Crippen LogP contribution in [0.2, 0.25) is 0 Å². The van der Waals surface area contributed by atoms with Crippen molar-refractivity contribution in [3.8, 4) is 0 Å². The van der Waals surface area contributed by atoms with Gasteiger partial charge in [0, 0.05) is 24.3 Å². The highest BCUT2D eigenvalue weighted by molar-refractivity contribution is 5.96. The second-order valence-electron chi connectivity index (χ2n) is 10.2. The molecule has 0 aromatic carbocycles. The van der Waals surface area contributed by atoms with Gasteiger partial charge in [0.2, 0.25) is 0 Å². The molecule has 0 aromatic heterocycles. The van der Waals surface area contributed by atoms with Crippen LogP contribution < -0.4 is 5.73 Å². The highest BCUT2D eigenvalue weighted by atomic mass is 16.6. The minimum atomic E-state index is -0.130. The number of oxime groups is 2. The fourth-order valence-electron chi connectivity index (χ4n) is 7.19. The SMILES string of the molecule is C=CCO/N=C1\C[C@@H]2[C@H](CC[C@]3(C)C(=O)CC[C@@H]23)[C@@]2(C)CC/C(=N\OCCN)C[C@H]12. The zero-order valence-corrected chi connectivity index (χ0v) is 18.6. The highest BCUT2D eigenvalue weighted by Gasteiger charge is 2.61. The van der Waals surface area contributed by atoms with Gasteiger partial charge in [0.15, 0.2) is 0 Å². The number of carbonyl (C=O) groups excluding carboxylic acids is 1. The van der Waals surface area contributed by atoms with Crippen LogP contribution in [0.4, 0.5) is 0 Å².